The van der Waals surface area contributed by atoms with Crippen LogP contribution in [0.4, 0.5) is 0 Å². The molecular formula is C15H26O5Si. The van der Waals surface area contributed by atoms with Gasteiger partial charge in [-0.1, -0.05) is 20.8 Å². The summed E-state index contributed by atoms with van der Waals surface area (Å²) in [6.07, 6.45) is 1.14. The Kier molecular flexibility index (Phi) is 4.01. The van der Waals surface area contributed by atoms with Gasteiger partial charge in [0, 0.05) is 13.8 Å². The van der Waals surface area contributed by atoms with Gasteiger partial charge in [-0.15, -0.1) is 0 Å². The van der Waals surface area contributed by atoms with E-state index >= 15 is 0 Å². The van der Waals surface area contributed by atoms with Gasteiger partial charge in [0.1, 0.15) is 18.0 Å². The van der Waals surface area contributed by atoms with Crippen molar-refractivity contribution >= 4 is 14.3 Å². The van der Waals surface area contributed by atoms with E-state index in [1.807, 2.05) is 0 Å². The average molecular weight is 314 g/mol. The highest BCUT2D eigenvalue weighted by Crippen LogP contribution is 2.39. The number of epoxide rings is 1. The molecule has 0 bridgehead atoms. The summed E-state index contributed by atoms with van der Waals surface area (Å²) in [6, 6.07) is 0. The fraction of sp³-hybridized carbons (Fsp3) is 0.800. The van der Waals surface area contributed by atoms with Gasteiger partial charge in [0.2, 0.25) is 5.79 Å². The van der Waals surface area contributed by atoms with Crippen molar-refractivity contribution in [3.05, 3.63) is 11.8 Å². The summed E-state index contributed by atoms with van der Waals surface area (Å²) in [5.41, 5.74) is 0. The number of ether oxygens (including phenoxy) is 3. The molecule has 6 heteroatoms. The lowest BCUT2D eigenvalue weighted by Gasteiger charge is -2.36. The third-order valence-corrected chi connectivity index (χ3v) is 8.75. The average Bonchev–Trinajstić information content (AvgIpc) is 3.01. The maximum absolute atomic E-state index is 11.5. The van der Waals surface area contributed by atoms with Crippen LogP contribution in [-0.2, 0) is 23.4 Å². The summed E-state index contributed by atoms with van der Waals surface area (Å²) >= 11 is 0. The molecule has 1 saturated heterocycles. The minimum absolute atomic E-state index is 0.0351. The Labute approximate surface area is 127 Å². The highest BCUT2D eigenvalue weighted by atomic mass is 28.4. The summed E-state index contributed by atoms with van der Waals surface area (Å²) in [7, 11) is -1.78. The molecule has 0 aliphatic carbocycles. The second-order valence-corrected chi connectivity index (χ2v) is 12.4. The standard InChI is InChI=1S/C15H26O5Si/c1-14(2,3)21(6,7)17-9-11-13(18-11)10-8-12(16)20-15(4,5)19-10/h8,11,13H,9H2,1-7H3/t11-,13+/m1/s1. The predicted molar refractivity (Wildman–Crippen MR) is 81.1 cm³/mol. The lowest BCUT2D eigenvalue weighted by Crippen LogP contribution is -2.42. The number of carbonyl (C=O) groups is 1. The molecule has 5 nitrogen and oxygen atoms in total. The van der Waals surface area contributed by atoms with E-state index in [1.54, 1.807) is 13.8 Å². The fourth-order valence-corrected chi connectivity index (χ4v) is 2.90. The van der Waals surface area contributed by atoms with Gasteiger partial charge in [-0.3, -0.25) is 0 Å². The number of rotatable bonds is 4. The predicted octanol–water partition coefficient (Wildman–Crippen LogP) is 2.97. The van der Waals surface area contributed by atoms with Crippen LogP contribution in [0.5, 0.6) is 0 Å². The Bertz CT molecular complexity index is 461. The minimum atomic E-state index is -1.78. The highest BCUT2D eigenvalue weighted by Gasteiger charge is 2.49. The van der Waals surface area contributed by atoms with Crippen LogP contribution in [0.15, 0.2) is 11.8 Å². The smallest absolute Gasteiger partial charge is 0.337 e. The highest BCUT2D eigenvalue weighted by molar-refractivity contribution is 6.74. The molecule has 0 saturated carbocycles. The van der Waals surface area contributed by atoms with E-state index < -0.39 is 14.1 Å². The van der Waals surface area contributed by atoms with E-state index in [0.717, 1.165) is 0 Å². The van der Waals surface area contributed by atoms with Gasteiger partial charge in [-0.25, -0.2) is 4.79 Å². The van der Waals surface area contributed by atoms with E-state index in [0.29, 0.717) is 12.4 Å². The maximum Gasteiger partial charge on any atom is 0.337 e. The van der Waals surface area contributed by atoms with Crippen LogP contribution in [0.25, 0.3) is 0 Å². The molecule has 120 valence electrons. The second-order valence-electron chi connectivity index (χ2n) is 7.64. The van der Waals surface area contributed by atoms with Gasteiger partial charge in [0.15, 0.2) is 8.32 Å². The Balaban J connectivity index is 1.90. The Morgan fingerprint density at radius 2 is 1.90 bits per heavy atom. The Morgan fingerprint density at radius 1 is 1.29 bits per heavy atom. The molecule has 0 N–H and O–H groups in total. The van der Waals surface area contributed by atoms with Crippen molar-refractivity contribution in [2.24, 2.45) is 0 Å². The molecule has 2 heterocycles. The number of hydrogen-bond donors (Lipinski definition) is 0. The number of esters is 1. The van der Waals surface area contributed by atoms with Crippen molar-refractivity contribution in [3.63, 3.8) is 0 Å². The molecule has 0 radical (unpaired) electrons. The minimum Gasteiger partial charge on any atom is -0.454 e. The lowest BCUT2D eigenvalue weighted by molar-refractivity contribution is -0.206. The van der Waals surface area contributed by atoms with Gasteiger partial charge in [-0.05, 0) is 18.1 Å². The monoisotopic (exact) mass is 314 g/mol. The molecule has 2 rings (SSSR count). The topological polar surface area (TPSA) is 57.3 Å². The normalized spacial score (nSPS) is 28.5. The second kappa shape index (κ2) is 5.10. The number of hydrogen-bond acceptors (Lipinski definition) is 5. The van der Waals surface area contributed by atoms with Crippen molar-refractivity contribution in [2.45, 2.75) is 70.7 Å². The van der Waals surface area contributed by atoms with Crippen LogP contribution < -0.4 is 0 Å². The van der Waals surface area contributed by atoms with Crippen molar-refractivity contribution in [1.29, 1.82) is 0 Å². The van der Waals surface area contributed by atoms with Crippen LogP contribution in [-0.4, -0.2) is 38.9 Å². The molecule has 21 heavy (non-hydrogen) atoms. The van der Waals surface area contributed by atoms with Crippen LogP contribution in [0.1, 0.15) is 34.6 Å². The summed E-state index contributed by atoms with van der Waals surface area (Å²) in [6.45, 7) is 15.0. The first-order chi connectivity index (χ1) is 9.41. The van der Waals surface area contributed by atoms with E-state index in [9.17, 15) is 4.79 Å². The zero-order valence-corrected chi connectivity index (χ0v) is 15.0. The molecule has 0 unspecified atom stereocenters. The first-order valence-corrected chi connectivity index (χ1v) is 10.3. The number of cyclic esters (lactones) is 1. The molecular weight excluding hydrogens is 288 g/mol. The summed E-state index contributed by atoms with van der Waals surface area (Å²) in [5.74, 6) is -0.779. The van der Waals surface area contributed by atoms with Crippen LogP contribution in [0.3, 0.4) is 0 Å². The van der Waals surface area contributed by atoms with Gasteiger partial charge in [0.05, 0.1) is 12.7 Å². The van der Waals surface area contributed by atoms with Crippen LogP contribution in [0, 0.1) is 0 Å². The zero-order valence-electron chi connectivity index (χ0n) is 14.0. The van der Waals surface area contributed by atoms with Gasteiger partial charge in [-0.2, -0.15) is 0 Å². The summed E-state index contributed by atoms with van der Waals surface area (Å²) in [4.78, 5) is 11.5. The molecule has 0 aromatic carbocycles. The van der Waals surface area contributed by atoms with E-state index in [2.05, 4.69) is 33.9 Å². The maximum atomic E-state index is 11.5. The molecule has 2 aliphatic heterocycles. The van der Waals surface area contributed by atoms with Crippen LogP contribution >= 0.6 is 0 Å². The molecule has 1 fully saturated rings. The first kappa shape index (κ1) is 16.5. The molecule has 2 aliphatic rings. The van der Waals surface area contributed by atoms with Gasteiger partial charge in [0.25, 0.3) is 0 Å². The SMILES string of the molecule is CC1(C)OC(=O)C=C([C@@H]2O[C@@H]2CO[Si](C)(C)C(C)(C)C)O1. The first-order valence-electron chi connectivity index (χ1n) is 7.34. The van der Waals surface area contributed by atoms with Gasteiger partial charge >= 0.3 is 5.97 Å². The van der Waals surface area contributed by atoms with Crippen molar-refractivity contribution in [3.8, 4) is 0 Å². The lowest BCUT2D eigenvalue weighted by atomic mass is 10.2. The largest absolute Gasteiger partial charge is 0.454 e. The third-order valence-electron chi connectivity index (χ3n) is 4.25. The van der Waals surface area contributed by atoms with E-state index in [4.69, 9.17) is 18.6 Å². The van der Waals surface area contributed by atoms with Crippen molar-refractivity contribution in [2.75, 3.05) is 6.61 Å². The summed E-state index contributed by atoms with van der Waals surface area (Å²) < 4.78 is 22.4. The third kappa shape index (κ3) is 3.87. The molecule has 0 spiro atoms. The van der Waals surface area contributed by atoms with Crippen LogP contribution in [0.2, 0.25) is 18.1 Å². The summed E-state index contributed by atoms with van der Waals surface area (Å²) in [5, 5.41) is 0.170. The Hall–Kier alpha value is -0.853. The van der Waals surface area contributed by atoms with Crippen molar-refractivity contribution < 1.29 is 23.4 Å². The molecule has 0 aromatic rings. The van der Waals surface area contributed by atoms with E-state index in [-0.39, 0.29) is 23.2 Å². The van der Waals surface area contributed by atoms with E-state index in [1.165, 1.54) is 6.08 Å². The van der Waals surface area contributed by atoms with Gasteiger partial charge < -0.3 is 18.6 Å². The molecule has 0 aromatic heterocycles. The quantitative estimate of drug-likeness (QED) is 0.453. The molecule has 2 atom stereocenters. The molecule has 0 amide bonds. The zero-order chi connectivity index (χ0) is 16.1. The van der Waals surface area contributed by atoms with Crippen molar-refractivity contribution in [1.82, 2.24) is 0 Å². The Morgan fingerprint density at radius 3 is 2.43 bits per heavy atom. The number of carbonyl (C=O) groups excluding carboxylic acids is 1. The fourth-order valence-electron chi connectivity index (χ4n) is 1.89.